The van der Waals surface area contributed by atoms with E-state index < -0.39 is 33.1 Å². The van der Waals surface area contributed by atoms with Gasteiger partial charge in [0.2, 0.25) is 5.91 Å². The Morgan fingerprint density at radius 2 is 1.35 bits per heavy atom. The predicted octanol–water partition coefficient (Wildman–Crippen LogP) is 5.31. The number of nitrogens with two attached hydrogens (primary N) is 1. The normalized spacial score (nSPS) is 24.6. The molecule has 4 rings (SSSR count). The van der Waals surface area contributed by atoms with Gasteiger partial charge in [-0.2, -0.15) is 15.8 Å². The Morgan fingerprint density at radius 1 is 0.865 bits per heavy atom. The summed E-state index contributed by atoms with van der Waals surface area (Å²) in [5, 5.41) is 32.9. The number of benzene rings is 2. The van der Waals surface area contributed by atoms with Gasteiger partial charge in [0.05, 0.1) is 29.5 Å². The summed E-state index contributed by atoms with van der Waals surface area (Å²) in [5.41, 5.74) is 7.46. The number of hydrogen-bond acceptors (Lipinski definition) is 7. The maximum atomic E-state index is 13.8. The zero-order chi connectivity index (χ0) is 27.1. The van der Waals surface area contributed by atoms with Gasteiger partial charge in [-0.1, -0.05) is 76.2 Å². The molecule has 2 aliphatic rings. The molecule has 1 aliphatic heterocycles. The van der Waals surface area contributed by atoms with E-state index in [1.165, 1.54) is 0 Å². The fraction of sp³-hybridized carbons (Fsp3) is 0.345. The Morgan fingerprint density at radius 3 is 1.73 bits per heavy atom. The van der Waals surface area contributed by atoms with Crippen LogP contribution in [-0.2, 0) is 4.79 Å². The molecule has 3 unspecified atom stereocenters. The van der Waals surface area contributed by atoms with Crippen LogP contribution in [0.3, 0.4) is 0 Å². The number of carbonyl (C=O) groups excluding carboxylic acids is 2. The highest BCUT2D eigenvalue weighted by Crippen LogP contribution is 2.65. The van der Waals surface area contributed by atoms with E-state index in [0.717, 1.165) is 22.9 Å². The molecule has 1 aliphatic carbocycles. The van der Waals surface area contributed by atoms with Crippen molar-refractivity contribution in [1.29, 1.82) is 15.8 Å². The molecule has 1 saturated heterocycles. The van der Waals surface area contributed by atoms with E-state index in [-0.39, 0.29) is 23.1 Å². The first-order valence-electron chi connectivity index (χ1n) is 12.0. The average molecular weight is 510 g/mol. The molecule has 1 heterocycles. The summed E-state index contributed by atoms with van der Waals surface area (Å²) in [6, 6.07) is 21.0. The fourth-order valence-corrected chi connectivity index (χ4v) is 6.88. The molecule has 3 atom stereocenters. The van der Waals surface area contributed by atoms with Crippen molar-refractivity contribution in [2.75, 3.05) is 0 Å². The van der Waals surface area contributed by atoms with E-state index in [0.29, 0.717) is 11.1 Å². The van der Waals surface area contributed by atoms with Gasteiger partial charge in [-0.25, -0.2) is 0 Å². The van der Waals surface area contributed by atoms with Crippen LogP contribution in [0.25, 0.3) is 0 Å². The number of carbonyl (C=O) groups is 2. The lowest BCUT2D eigenvalue weighted by Crippen LogP contribution is -2.57. The molecule has 1 spiro atoms. The smallest absolute Gasteiger partial charge is 0.286 e. The lowest BCUT2D eigenvalue weighted by molar-refractivity contribution is -0.123. The summed E-state index contributed by atoms with van der Waals surface area (Å²) in [6.07, 6.45) is 0. The van der Waals surface area contributed by atoms with Crippen molar-refractivity contribution in [2.24, 2.45) is 11.1 Å². The van der Waals surface area contributed by atoms with Crippen LogP contribution in [0.2, 0.25) is 0 Å². The molecular formula is C29H27N5O2S. The number of hydrogen-bond donors (Lipinski definition) is 2. The minimum Gasteiger partial charge on any atom is -0.399 e. The van der Waals surface area contributed by atoms with Crippen LogP contribution in [-0.4, -0.2) is 15.9 Å². The molecular weight excluding hydrogens is 482 g/mol. The van der Waals surface area contributed by atoms with E-state index in [1.54, 1.807) is 12.1 Å². The first-order valence-corrected chi connectivity index (χ1v) is 12.9. The predicted molar refractivity (Wildman–Crippen MR) is 141 cm³/mol. The highest BCUT2D eigenvalue weighted by molar-refractivity contribution is 8.16. The number of imide groups is 1. The summed E-state index contributed by atoms with van der Waals surface area (Å²) >= 11 is 0.735. The van der Waals surface area contributed by atoms with Gasteiger partial charge in [-0.15, -0.1) is 0 Å². The number of nitrogens with zero attached hydrogens (tertiary/aromatic N) is 3. The number of nitriles is 3. The molecule has 2 aromatic carbocycles. The Balaban J connectivity index is 2.11. The first-order chi connectivity index (χ1) is 17.6. The van der Waals surface area contributed by atoms with Gasteiger partial charge < -0.3 is 5.73 Å². The van der Waals surface area contributed by atoms with Gasteiger partial charge in [0.1, 0.15) is 4.75 Å². The standard InChI is InChI=1S/C29H27N5O2S/c1-16(2)18-5-9-20(10-6-18)23-22(13-30)25(33)28(14-31,15-32)24(29(23)26(35)34-27(36)37-29)21-11-7-19(8-12-21)17(3)4/h5-12,16-17,23-24H,33H2,1-4H3,(H,34,35,36). The highest BCUT2D eigenvalue weighted by Gasteiger charge is 2.70. The van der Waals surface area contributed by atoms with Gasteiger partial charge in [0.25, 0.3) is 5.24 Å². The molecule has 7 nitrogen and oxygen atoms in total. The van der Waals surface area contributed by atoms with Crippen LogP contribution in [0, 0.1) is 39.4 Å². The van der Waals surface area contributed by atoms with Crippen LogP contribution in [0.4, 0.5) is 4.79 Å². The zero-order valence-corrected chi connectivity index (χ0v) is 21.9. The lowest BCUT2D eigenvalue weighted by Gasteiger charge is -2.49. The second kappa shape index (κ2) is 9.43. The molecule has 0 saturated carbocycles. The topological polar surface area (TPSA) is 144 Å². The maximum absolute atomic E-state index is 13.8. The first kappa shape index (κ1) is 26.0. The summed E-state index contributed by atoms with van der Waals surface area (Å²) in [5.74, 6) is -2.24. The van der Waals surface area contributed by atoms with Gasteiger partial charge in [0, 0.05) is 11.8 Å². The van der Waals surface area contributed by atoms with Gasteiger partial charge in [-0.3, -0.25) is 14.9 Å². The number of nitrogens with one attached hydrogen (secondary N) is 1. The monoisotopic (exact) mass is 509 g/mol. The SMILES string of the molecule is CC(C)c1ccc(C2C(C#N)=C(N)C(C#N)(C#N)C(c3ccc(C(C)C)cc3)C23SC(=O)NC3=O)cc1. The van der Waals surface area contributed by atoms with Crippen LogP contribution < -0.4 is 11.1 Å². The van der Waals surface area contributed by atoms with E-state index in [9.17, 15) is 25.4 Å². The van der Waals surface area contributed by atoms with Crippen molar-refractivity contribution in [3.05, 3.63) is 82.1 Å². The third kappa shape index (κ3) is 3.79. The summed E-state index contributed by atoms with van der Waals surface area (Å²) in [6.45, 7) is 8.20. The number of amides is 2. The van der Waals surface area contributed by atoms with E-state index >= 15 is 0 Å². The van der Waals surface area contributed by atoms with Crippen molar-refractivity contribution in [3.63, 3.8) is 0 Å². The molecule has 1 fully saturated rings. The van der Waals surface area contributed by atoms with Gasteiger partial charge >= 0.3 is 0 Å². The molecule has 186 valence electrons. The van der Waals surface area contributed by atoms with Crippen molar-refractivity contribution < 1.29 is 9.59 Å². The molecule has 0 radical (unpaired) electrons. The minimum atomic E-state index is -2.05. The Labute approximate surface area is 221 Å². The number of rotatable bonds is 4. The molecule has 8 heteroatoms. The Kier molecular flexibility index (Phi) is 6.63. The highest BCUT2D eigenvalue weighted by atomic mass is 32.2. The third-order valence-electron chi connectivity index (χ3n) is 7.47. The van der Waals surface area contributed by atoms with E-state index in [4.69, 9.17) is 5.73 Å². The summed E-state index contributed by atoms with van der Waals surface area (Å²) in [7, 11) is 0. The van der Waals surface area contributed by atoms with Crippen molar-refractivity contribution in [2.45, 2.75) is 56.1 Å². The molecule has 3 N–H and O–H groups in total. The zero-order valence-electron chi connectivity index (χ0n) is 21.1. The van der Waals surface area contributed by atoms with Crippen LogP contribution in [0.1, 0.15) is 73.6 Å². The summed E-state index contributed by atoms with van der Waals surface area (Å²) < 4.78 is -1.69. The molecule has 2 amide bonds. The third-order valence-corrected chi connectivity index (χ3v) is 8.75. The Hall–Kier alpha value is -4.06. The number of allylic oxidation sites excluding steroid dienone is 2. The van der Waals surface area contributed by atoms with Crippen molar-refractivity contribution in [1.82, 2.24) is 5.32 Å². The lowest BCUT2D eigenvalue weighted by atomic mass is 9.55. The fourth-order valence-electron chi connectivity index (χ4n) is 5.48. The van der Waals surface area contributed by atoms with Crippen LogP contribution >= 0.6 is 11.8 Å². The Bertz CT molecular complexity index is 1410. The summed E-state index contributed by atoms with van der Waals surface area (Å²) in [4.78, 5) is 26.6. The van der Waals surface area contributed by atoms with Crippen molar-refractivity contribution in [3.8, 4) is 18.2 Å². The maximum Gasteiger partial charge on any atom is 0.286 e. The second-order valence-electron chi connectivity index (χ2n) is 10.1. The van der Waals surface area contributed by atoms with Gasteiger partial charge in [-0.05, 0) is 45.9 Å². The second-order valence-corrected chi connectivity index (χ2v) is 11.4. The molecule has 0 bridgehead atoms. The molecule has 2 aromatic rings. The van der Waals surface area contributed by atoms with Crippen molar-refractivity contribution >= 4 is 22.9 Å². The average Bonchev–Trinajstić information content (AvgIpc) is 3.18. The quantitative estimate of drug-likeness (QED) is 0.568. The van der Waals surface area contributed by atoms with E-state index in [2.05, 4.69) is 37.4 Å². The van der Waals surface area contributed by atoms with E-state index in [1.807, 2.05) is 50.2 Å². The molecule has 37 heavy (non-hydrogen) atoms. The number of thioether (sulfide) groups is 1. The minimum absolute atomic E-state index is 0.0483. The molecule has 0 aromatic heterocycles. The van der Waals surface area contributed by atoms with Gasteiger partial charge in [0.15, 0.2) is 5.41 Å². The van der Waals surface area contributed by atoms with Crippen LogP contribution in [0.15, 0.2) is 59.8 Å². The largest absolute Gasteiger partial charge is 0.399 e. The van der Waals surface area contributed by atoms with Crippen LogP contribution in [0.5, 0.6) is 0 Å².